The van der Waals surface area contributed by atoms with Gasteiger partial charge in [-0.05, 0) is 61.6 Å². The second kappa shape index (κ2) is 8.66. The Balaban J connectivity index is 1.54. The number of ether oxygens (including phenoxy) is 2. The number of aliphatic hydroxyl groups is 1. The Morgan fingerprint density at radius 1 is 0.967 bits per heavy atom. The van der Waals surface area contributed by atoms with Crippen molar-refractivity contribution in [3.8, 4) is 11.5 Å². The van der Waals surface area contributed by atoms with Crippen LogP contribution in [0, 0.1) is 0 Å². The van der Waals surface area contributed by atoms with E-state index in [-0.39, 0.29) is 12.7 Å². The van der Waals surface area contributed by atoms with Crippen molar-refractivity contribution in [2.45, 2.75) is 50.2 Å². The number of methoxy groups -OCH3 is 1. The second-order valence-corrected chi connectivity index (χ2v) is 8.60. The Kier molecular flexibility index (Phi) is 5.98. The maximum Gasteiger partial charge on any atom is 0.132 e. The van der Waals surface area contributed by atoms with Gasteiger partial charge in [0.15, 0.2) is 0 Å². The minimum atomic E-state index is -0.848. The van der Waals surface area contributed by atoms with Gasteiger partial charge >= 0.3 is 0 Å². The van der Waals surface area contributed by atoms with Crippen molar-refractivity contribution in [2.75, 3.05) is 13.7 Å². The third-order valence-corrected chi connectivity index (χ3v) is 6.37. The summed E-state index contributed by atoms with van der Waals surface area (Å²) in [5, 5.41) is 12.0. The number of nitrogens with two attached hydrogens (primary N) is 1. The monoisotopic (exact) mass is 405 g/mol. The molecule has 1 saturated carbocycles. The molecule has 3 aromatic carbocycles. The van der Waals surface area contributed by atoms with Gasteiger partial charge < -0.3 is 20.3 Å². The summed E-state index contributed by atoms with van der Waals surface area (Å²) in [7, 11) is 1.70. The van der Waals surface area contributed by atoms with Gasteiger partial charge in [-0.25, -0.2) is 0 Å². The fraction of sp³-hybridized carbons (Fsp3) is 0.385. The summed E-state index contributed by atoms with van der Waals surface area (Å²) < 4.78 is 11.9. The largest absolute Gasteiger partial charge is 0.497 e. The average Bonchev–Trinajstić information content (AvgIpc) is 2.79. The highest BCUT2D eigenvalue weighted by Crippen LogP contribution is 2.40. The summed E-state index contributed by atoms with van der Waals surface area (Å²) >= 11 is 0. The van der Waals surface area contributed by atoms with Gasteiger partial charge in [0.05, 0.1) is 25.4 Å². The number of rotatable bonds is 6. The van der Waals surface area contributed by atoms with Crippen molar-refractivity contribution >= 4 is 10.8 Å². The normalized spacial score (nSPS) is 21.2. The first-order valence-corrected chi connectivity index (χ1v) is 10.7. The van der Waals surface area contributed by atoms with Crippen molar-refractivity contribution in [3.05, 3.63) is 71.8 Å². The molecule has 1 fully saturated rings. The molecule has 0 radical (unpaired) electrons. The Labute approximate surface area is 178 Å². The molecule has 30 heavy (non-hydrogen) atoms. The maximum atomic E-state index is 9.86. The van der Waals surface area contributed by atoms with Crippen LogP contribution in [0.25, 0.3) is 10.8 Å². The predicted octanol–water partition coefficient (Wildman–Crippen LogP) is 5.12. The van der Waals surface area contributed by atoms with Gasteiger partial charge in [-0.1, -0.05) is 48.5 Å². The van der Waals surface area contributed by atoms with Crippen molar-refractivity contribution in [1.82, 2.24) is 0 Å². The summed E-state index contributed by atoms with van der Waals surface area (Å²) in [6.07, 6.45) is 4.34. The molecular formula is C26H31NO3. The van der Waals surface area contributed by atoms with E-state index in [0.717, 1.165) is 53.5 Å². The van der Waals surface area contributed by atoms with Gasteiger partial charge in [0.25, 0.3) is 0 Å². The van der Waals surface area contributed by atoms with Crippen LogP contribution in [0.15, 0.2) is 60.7 Å². The van der Waals surface area contributed by atoms with Gasteiger partial charge in [0.2, 0.25) is 0 Å². The number of hydrogen-bond donors (Lipinski definition) is 2. The number of benzene rings is 3. The van der Waals surface area contributed by atoms with E-state index in [1.54, 1.807) is 7.11 Å². The van der Waals surface area contributed by atoms with Gasteiger partial charge in [-0.15, -0.1) is 0 Å². The van der Waals surface area contributed by atoms with Gasteiger partial charge in [0.1, 0.15) is 11.5 Å². The predicted molar refractivity (Wildman–Crippen MR) is 121 cm³/mol. The summed E-state index contributed by atoms with van der Waals surface area (Å²) in [6, 6.07) is 20.7. The van der Waals surface area contributed by atoms with E-state index in [4.69, 9.17) is 15.2 Å². The van der Waals surface area contributed by atoms with Crippen LogP contribution in [0.3, 0.4) is 0 Å². The third kappa shape index (κ3) is 4.16. The van der Waals surface area contributed by atoms with Crippen LogP contribution in [-0.4, -0.2) is 24.9 Å². The molecule has 0 amide bonds. The first-order valence-electron chi connectivity index (χ1n) is 10.7. The van der Waals surface area contributed by atoms with E-state index in [9.17, 15) is 5.11 Å². The molecule has 1 atom stereocenters. The fourth-order valence-electron chi connectivity index (χ4n) is 4.46. The fourth-order valence-corrected chi connectivity index (χ4v) is 4.46. The topological polar surface area (TPSA) is 64.7 Å². The zero-order chi connectivity index (χ0) is 21.1. The molecule has 3 aromatic rings. The number of hydrogen-bond acceptors (Lipinski definition) is 4. The van der Waals surface area contributed by atoms with Gasteiger partial charge in [0, 0.05) is 10.9 Å². The molecule has 158 valence electrons. The first kappa shape index (κ1) is 20.7. The van der Waals surface area contributed by atoms with Crippen LogP contribution in [0.2, 0.25) is 0 Å². The lowest BCUT2D eigenvalue weighted by Gasteiger charge is -2.32. The van der Waals surface area contributed by atoms with E-state index in [2.05, 4.69) is 30.3 Å². The third-order valence-electron chi connectivity index (χ3n) is 6.37. The summed E-state index contributed by atoms with van der Waals surface area (Å²) in [6.45, 7) is 1.72. The molecular weight excluding hydrogens is 374 g/mol. The quantitative estimate of drug-likeness (QED) is 0.597. The molecule has 0 saturated heterocycles. The molecule has 1 aliphatic carbocycles. The maximum absolute atomic E-state index is 9.86. The van der Waals surface area contributed by atoms with Crippen LogP contribution in [0.5, 0.6) is 11.5 Å². The lowest BCUT2D eigenvalue weighted by atomic mass is 9.82. The Morgan fingerprint density at radius 3 is 2.33 bits per heavy atom. The molecule has 0 heterocycles. The lowest BCUT2D eigenvalue weighted by molar-refractivity contribution is 0.141. The molecule has 0 aliphatic heterocycles. The zero-order valence-electron chi connectivity index (χ0n) is 17.8. The Hall–Kier alpha value is -2.56. The van der Waals surface area contributed by atoms with Crippen LogP contribution in [0.1, 0.15) is 49.7 Å². The first-order chi connectivity index (χ1) is 14.5. The standard InChI is InChI=1S/C26H31NO3/c1-26(27,17-28)24-16-11-20-5-3-4-6-23(20)25(24)30-22-14-9-19(10-15-22)18-7-12-21(29-2)13-8-18/h3-8,11-13,16,19,22,28H,9-10,14-15,17,27H2,1-2H3/t19?,22?,26-/m0/s1. The van der Waals surface area contributed by atoms with E-state index >= 15 is 0 Å². The number of aliphatic hydroxyl groups excluding tert-OH is 1. The number of fused-ring (bicyclic) bond motifs is 1. The Morgan fingerprint density at radius 2 is 1.67 bits per heavy atom. The Bertz CT molecular complexity index is 989. The molecule has 3 N–H and O–H groups in total. The van der Waals surface area contributed by atoms with E-state index in [1.807, 2.05) is 37.3 Å². The van der Waals surface area contributed by atoms with E-state index < -0.39 is 5.54 Å². The van der Waals surface area contributed by atoms with Crippen LogP contribution < -0.4 is 15.2 Å². The van der Waals surface area contributed by atoms with Crippen molar-refractivity contribution in [2.24, 2.45) is 5.73 Å². The molecule has 4 nitrogen and oxygen atoms in total. The summed E-state index contributed by atoms with van der Waals surface area (Å²) in [5.74, 6) is 2.27. The van der Waals surface area contributed by atoms with Crippen LogP contribution in [0.4, 0.5) is 0 Å². The highest BCUT2D eigenvalue weighted by atomic mass is 16.5. The molecule has 4 heteroatoms. The smallest absolute Gasteiger partial charge is 0.132 e. The van der Waals surface area contributed by atoms with Crippen LogP contribution in [-0.2, 0) is 5.54 Å². The van der Waals surface area contributed by atoms with Crippen LogP contribution >= 0.6 is 0 Å². The van der Waals surface area contributed by atoms with E-state index in [1.165, 1.54) is 5.56 Å². The molecule has 4 rings (SSSR count). The lowest BCUT2D eigenvalue weighted by Crippen LogP contribution is -2.38. The zero-order valence-corrected chi connectivity index (χ0v) is 17.8. The molecule has 1 aliphatic rings. The van der Waals surface area contributed by atoms with Gasteiger partial charge in [-0.2, -0.15) is 0 Å². The minimum absolute atomic E-state index is 0.133. The second-order valence-electron chi connectivity index (χ2n) is 8.60. The molecule has 0 bridgehead atoms. The highest BCUT2D eigenvalue weighted by Gasteiger charge is 2.29. The average molecular weight is 406 g/mol. The summed E-state index contributed by atoms with van der Waals surface area (Å²) in [4.78, 5) is 0. The van der Waals surface area contributed by atoms with E-state index in [0.29, 0.717) is 5.92 Å². The molecule has 0 unspecified atom stereocenters. The highest BCUT2D eigenvalue weighted by molar-refractivity contribution is 5.90. The van der Waals surface area contributed by atoms with Crippen molar-refractivity contribution < 1.29 is 14.6 Å². The van der Waals surface area contributed by atoms with Crippen molar-refractivity contribution in [3.63, 3.8) is 0 Å². The molecule has 0 spiro atoms. The van der Waals surface area contributed by atoms with Crippen molar-refractivity contribution in [1.29, 1.82) is 0 Å². The van der Waals surface area contributed by atoms with Gasteiger partial charge in [-0.3, -0.25) is 0 Å². The minimum Gasteiger partial charge on any atom is -0.497 e. The summed E-state index contributed by atoms with van der Waals surface area (Å²) in [5.41, 5.74) is 7.80. The molecule has 0 aromatic heterocycles. The SMILES string of the molecule is COc1ccc(C2CCC(Oc3c([C@@](C)(N)CO)ccc4ccccc34)CC2)cc1.